The van der Waals surface area contributed by atoms with Crippen LogP contribution in [0.5, 0.6) is 0 Å². The van der Waals surface area contributed by atoms with Crippen LogP contribution in [0.2, 0.25) is 0 Å². The molecule has 4 nitrogen and oxygen atoms in total. The number of rotatable bonds is 7. The Kier molecular flexibility index (Phi) is 6.18. The van der Waals surface area contributed by atoms with Crippen molar-refractivity contribution in [2.75, 3.05) is 33.4 Å². The summed E-state index contributed by atoms with van der Waals surface area (Å²) < 4.78 is 20.1. The van der Waals surface area contributed by atoms with E-state index in [1.54, 1.807) is 0 Å². The van der Waals surface area contributed by atoms with Crippen LogP contribution in [0.4, 0.5) is 4.39 Å². The van der Waals surface area contributed by atoms with Crippen molar-refractivity contribution in [3.8, 4) is 0 Å². The van der Waals surface area contributed by atoms with Crippen molar-refractivity contribution in [1.82, 2.24) is 9.47 Å². The molecule has 0 aliphatic carbocycles. The van der Waals surface area contributed by atoms with E-state index in [1.807, 2.05) is 24.3 Å². The molecule has 158 valence electrons. The monoisotopic (exact) mass is 408 g/mol. The predicted molar refractivity (Wildman–Crippen MR) is 118 cm³/mol. The van der Waals surface area contributed by atoms with Crippen molar-refractivity contribution in [3.05, 3.63) is 70.9 Å². The minimum absolute atomic E-state index is 0.205. The number of ether oxygens (including phenoxy) is 1. The van der Waals surface area contributed by atoms with Crippen molar-refractivity contribution < 1.29 is 13.9 Å². The van der Waals surface area contributed by atoms with E-state index in [4.69, 9.17) is 4.74 Å². The van der Waals surface area contributed by atoms with E-state index in [9.17, 15) is 9.18 Å². The molecular weight excluding hydrogens is 379 g/mol. The van der Waals surface area contributed by atoms with Crippen LogP contribution >= 0.6 is 0 Å². The molecule has 1 unspecified atom stereocenters. The van der Waals surface area contributed by atoms with Gasteiger partial charge in [-0.15, -0.1) is 0 Å². The van der Waals surface area contributed by atoms with Gasteiger partial charge in [-0.05, 0) is 55.6 Å². The second kappa shape index (κ2) is 9.00. The smallest absolute Gasteiger partial charge is 0.337 e. The Hall–Kier alpha value is -2.66. The molecule has 1 aliphatic heterocycles. The van der Waals surface area contributed by atoms with Crippen molar-refractivity contribution >= 4 is 16.9 Å². The predicted octanol–water partition coefficient (Wildman–Crippen LogP) is 4.62. The third kappa shape index (κ3) is 4.12. The van der Waals surface area contributed by atoms with Gasteiger partial charge < -0.3 is 14.2 Å². The van der Waals surface area contributed by atoms with E-state index in [0.717, 1.165) is 39.0 Å². The number of methoxy groups -OCH3 is 1. The quantitative estimate of drug-likeness (QED) is 0.535. The van der Waals surface area contributed by atoms with E-state index >= 15 is 0 Å². The van der Waals surface area contributed by atoms with Gasteiger partial charge in [0, 0.05) is 42.1 Å². The molecule has 2 heterocycles. The molecular formula is C25H29FN2O2. The summed E-state index contributed by atoms with van der Waals surface area (Å²) >= 11 is 0. The van der Waals surface area contributed by atoms with Gasteiger partial charge in [0.2, 0.25) is 0 Å². The zero-order valence-electron chi connectivity index (χ0n) is 17.7. The van der Waals surface area contributed by atoms with Crippen LogP contribution in [0.15, 0.2) is 48.5 Å². The lowest BCUT2D eigenvalue weighted by molar-refractivity contribution is 0.0600. The fourth-order valence-corrected chi connectivity index (χ4v) is 4.58. The highest BCUT2D eigenvalue weighted by atomic mass is 19.1. The first-order valence-corrected chi connectivity index (χ1v) is 10.6. The number of carbonyl (C=O) groups excluding carboxylic acids is 1. The van der Waals surface area contributed by atoms with Gasteiger partial charge in [-0.1, -0.05) is 30.3 Å². The molecule has 1 saturated heterocycles. The maximum Gasteiger partial charge on any atom is 0.337 e. The standard InChI is InChI=1S/C25H29FN2O2/c1-18-23(15-19-7-9-21(10-8-19)25(29)30-2)22-5-3-4-6-24(22)28(18)14-13-27-12-11-20(16-26)17-27/h3-10,20H,11-17H2,1-2H3. The number of likely N-dealkylation sites (tertiary alicyclic amines) is 1. The van der Waals surface area contributed by atoms with Crippen molar-refractivity contribution in [1.29, 1.82) is 0 Å². The molecule has 1 fully saturated rings. The van der Waals surface area contributed by atoms with Crippen LogP contribution < -0.4 is 0 Å². The second-order valence-electron chi connectivity index (χ2n) is 8.21. The average Bonchev–Trinajstić information content (AvgIpc) is 3.35. The number of hydrogen-bond donors (Lipinski definition) is 0. The number of para-hydroxylation sites is 1. The van der Waals surface area contributed by atoms with Crippen LogP contribution in [-0.2, 0) is 17.7 Å². The van der Waals surface area contributed by atoms with Crippen molar-refractivity contribution in [3.63, 3.8) is 0 Å². The van der Waals surface area contributed by atoms with Gasteiger partial charge >= 0.3 is 5.97 Å². The third-order valence-electron chi connectivity index (χ3n) is 6.35. The Morgan fingerprint density at radius 2 is 1.90 bits per heavy atom. The molecule has 0 amide bonds. The second-order valence-corrected chi connectivity index (χ2v) is 8.21. The zero-order chi connectivity index (χ0) is 21.1. The number of alkyl halides is 1. The fourth-order valence-electron chi connectivity index (χ4n) is 4.58. The minimum Gasteiger partial charge on any atom is -0.465 e. The normalized spacial score (nSPS) is 17.0. The third-order valence-corrected chi connectivity index (χ3v) is 6.35. The number of halogens is 1. The van der Waals surface area contributed by atoms with E-state index in [0.29, 0.717) is 5.56 Å². The zero-order valence-corrected chi connectivity index (χ0v) is 17.7. The summed E-state index contributed by atoms with van der Waals surface area (Å²) in [7, 11) is 1.40. The van der Waals surface area contributed by atoms with Gasteiger partial charge in [-0.2, -0.15) is 0 Å². The Bertz CT molecular complexity index is 1030. The maximum absolute atomic E-state index is 12.9. The first-order chi connectivity index (χ1) is 14.6. The summed E-state index contributed by atoms with van der Waals surface area (Å²) in [6.07, 6.45) is 1.78. The van der Waals surface area contributed by atoms with Gasteiger partial charge in [0.1, 0.15) is 0 Å². The summed E-state index contributed by atoms with van der Waals surface area (Å²) in [5, 5.41) is 1.27. The van der Waals surface area contributed by atoms with Crippen LogP contribution in [-0.4, -0.2) is 48.9 Å². The molecule has 0 radical (unpaired) electrons. The Labute approximate surface area is 177 Å². The highest BCUT2D eigenvalue weighted by Crippen LogP contribution is 2.28. The summed E-state index contributed by atoms with van der Waals surface area (Å²) in [5.74, 6) is -0.109. The molecule has 2 aromatic carbocycles. The largest absolute Gasteiger partial charge is 0.465 e. The Balaban J connectivity index is 1.56. The van der Waals surface area contributed by atoms with Gasteiger partial charge in [-0.3, -0.25) is 4.39 Å². The van der Waals surface area contributed by atoms with E-state index in [2.05, 4.69) is 40.7 Å². The fraction of sp³-hybridized carbons (Fsp3) is 0.400. The molecule has 0 bridgehead atoms. The molecule has 0 N–H and O–H groups in total. The maximum atomic E-state index is 12.9. The molecule has 0 spiro atoms. The van der Waals surface area contributed by atoms with Gasteiger partial charge in [0.25, 0.3) is 0 Å². The molecule has 4 rings (SSSR count). The van der Waals surface area contributed by atoms with E-state index in [-0.39, 0.29) is 18.6 Å². The number of carbonyl (C=O) groups is 1. The number of benzene rings is 2. The minimum atomic E-state index is -0.314. The lowest BCUT2D eigenvalue weighted by atomic mass is 10.0. The highest BCUT2D eigenvalue weighted by molar-refractivity contribution is 5.89. The van der Waals surface area contributed by atoms with Crippen LogP contribution in [0.1, 0.15) is 33.6 Å². The van der Waals surface area contributed by atoms with E-state index in [1.165, 1.54) is 34.8 Å². The SMILES string of the molecule is COC(=O)c1ccc(Cc2c(C)n(CCN3CCC(CF)C3)c3ccccc23)cc1. The summed E-state index contributed by atoms with van der Waals surface area (Å²) in [6, 6.07) is 16.2. The molecule has 1 atom stereocenters. The number of esters is 1. The average molecular weight is 409 g/mol. The highest BCUT2D eigenvalue weighted by Gasteiger charge is 2.22. The molecule has 1 aliphatic rings. The van der Waals surface area contributed by atoms with Gasteiger partial charge in [0.15, 0.2) is 0 Å². The Morgan fingerprint density at radius 3 is 2.60 bits per heavy atom. The number of hydrogen-bond acceptors (Lipinski definition) is 3. The number of nitrogens with zero attached hydrogens (tertiary/aromatic N) is 2. The lowest BCUT2D eigenvalue weighted by Gasteiger charge is -2.17. The van der Waals surface area contributed by atoms with Crippen LogP contribution in [0.3, 0.4) is 0 Å². The first-order valence-electron chi connectivity index (χ1n) is 10.6. The van der Waals surface area contributed by atoms with Crippen LogP contribution in [0, 0.1) is 12.8 Å². The molecule has 1 aromatic heterocycles. The molecule has 30 heavy (non-hydrogen) atoms. The molecule has 5 heteroatoms. The lowest BCUT2D eigenvalue weighted by Crippen LogP contribution is -2.25. The summed E-state index contributed by atoms with van der Waals surface area (Å²) in [5.41, 5.74) is 5.57. The Morgan fingerprint density at radius 1 is 1.13 bits per heavy atom. The van der Waals surface area contributed by atoms with Crippen molar-refractivity contribution in [2.45, 2.75) is 26.3 Å². The van der Waals surface area contributed by atoms with Gasteiger partial charge in [0.05, 0.1) is 19.3 Å². The summed E-state index contributed by atoms with van der Waals surface area (Å²) in [6.45, 7) is 5.70. The number of fused-ring (bicyclic) bond motifs is 1. The molecule has 0 saturated carbocycles. The summed E-state index contributed by atoms with van der Waals surface area (Å²) in [4.78, 5) is 14.1. The van der Waals surface area contributed by atoms with E-state index < -0.39 is 0 Å². The topological polar surface area (TPSA) is 34.5 Å². The van der Waals surface area contributed by atoms with Gasteiger partial charge in [-0.25, -0.2) is 4.79 Å². The molecule has 3 aromatic rings. The van der Waals surface area contributed by atoms with Crippen molar-refractivity contribution in [2.24, 2.45) is 5.92 Å². The van der Waals surface area contributed by atoms with Crippen LogP contribution in [0.25, 0.3) is 10.9 Å². The first kappa shape index (κ1) is 20.6. The number of aromatic nitrogens is 1.